The van der Waals surface area contributed by atoms with Crippen LogP contribution in [0.3, 0.4) is 0 Å². The molecule has 1 fully saturated rings. The van der Waals surface area contributed by atoms with Gasteiger partial charge in [-0.25, -0.2) is 0 Å². The molecule has 0 radical (unpaired) electrons. The molecule has 1 N–H and O–H groups in total. The molecule has 2 heteroatoms. The number of rotatable bonds is 5. The van der Waals surface area contributed by atoms with Crippen LogP contribution in [0, 0.1) is 0 Å². The van der Waals surface area contributed by atoms with Gasteiger partial charge in [0.05, 0.1) is 0 Å². The molecule has 0 atom stereocenters. The minimum absolute atomic E-state index is 0.819. The monoisotopic (exact) mass is 184 g/mol. The fourth-order valence-corrected chi connectivity index (χ4v) is 1.92. The second-order valence-corrected chi connectivity index (χ2v) is 4.18. The highest BCUT2D eigenvalue weighted by molar-refractivity contribution is 4.71. The highest BCUT2D eigenvalue weighted by atomic mass is 15.1. The summed E-state index contributed by atoms with van der Waals surface area (Å²) in [5.41, 5.74) is 0. The lowest BCUT2D eigenvalue weighted by Crippen LogP contribution is -2.36. The average Bonchev–Trinajstić information content (AvgIpc) is 2.19. The number of hydrogen-bond acceptors (Lipinski definition) is 2. The first-order valence-electron chi connectivity index (χ1n) is 5.75. The SMILES string of the molecule is CCN(C)CCNC1CCCCC1. The summed E-state index contributed by atoms with van der Waals surface area (Å²) in [4.78, 5) is 2.36. The minimum Gasteiger partial charge on any atom is -0.313 e. The summed E-state index contributed by atoms with van der Waals surface area (Å²) >= 11 is 0. The summed E-state index contributed by atoms with van der Waals surface area (Å²) in [5.74, 6) is 0. The summed E-state index contributed by atoms with van der Waals surface area (Å²) in [6, 6.07) is 0.819. The van der Waals surface area contributed by atoms with Gasteiger partial charge in [0.2, 0.25) is 0 Å². The molecule has 0 aromatic carbocycles. The van der Waals surface area contributed by atoms with E-state index in [9.17, 15) is 0 Å². The molecular formula is C11H24N2. The standard InChI is InChI=1S/C11H24N2/c1-3-13(2)10-9-12-11-7-5-4-6-8-11/h11-12H,3-10H2,1-2H3. The summed E-state index contributed by atoms with van der Waals surface area (Å²) in [5, 5.41) is 3.65. The van der Waals surface area contributed by atoms with E-state index in [4.69, 9.17) is 0 Å². The zero-order chi connectivity index (χ0) is 9.52. The summed E-state index contributed by atoms with van der Waals surface area (Å²) in [6.45, 7) is 5.72. The molecule has 78 valence electrons. The Labute approximate surface area is 82.7 Å². The van der Waals surface area contributed by atoms with Crippen LogP contribution in [0.1, 0.15) is 39.0 Å². The van der Waals surface area contributed by atoms with E-state index in [1.807, 2.05) is 0 Å². The quantitative estimate of drug-likeness (QED) is 0.701. The maximum Gasteiger partial charge on any atom is 0.0104 e. The minimum atomic E-state index is 0.819. The second kappa shape index (κ2) is 6.39. The molecule has 0 aromatic heterocycles. The fraction of sp³-hybridized carbons (Fsp3) is 1.00. The van der Waals surface area contributed by atoms with Crippen LogP contribution in [0.15, 0.2) is 0 Å². The van der Waals surface area contributed by atoms with Crippen LogP contribution in [-0.4, -0.2) is 37.6 Å². The van der Waals surface area contributed by atoms with E-state index in [1.165, 1.54) is 38.6 Å². The maximum atomic E-state index is 3.65. The van der Waals surface area contributed by atoms with E-state index in [1.54, 1.807) is 0 Å². The molecule has 0 aliphatic heterocycles. The van der Waals surface area contributed by atoms with Gasteiger partial charge in [0.1, 0.15) is 0 Å². The van der Waals surface area contributed by atoms with Crippen LogP contribution < -0.4 is 5.32 Å². The Hall–Kier alpha value is -0.0800. The predicted octanol–water partition coefficient (Wildman–Crippen LogP) is 1.86. The Balaban J connectivity index is 1.98. The Morgan fingerprint density at radius 2 is 1.92 bits per heavy atom. The molecule has 0 spiro atoms. The normalized spacial score (nSPS) is 19.6. The van der Waals surface area contributed by atoms with Crippen molar-refractivity contribution < 1.29 is 0 Å². The van der Waals surface area contributed by atoms with Crippen LogP contribution in [0.2, 0.25) is 0 Å². The molecule has 13 heavy (non-hydrogen) atoms. The first-order valence-corrected chi connectivity index (χ1v) is 5.75. The van der Waals surface area contributed by atoms with Gasteiger partial charge in [-0.15, -0.1) is 0 Å². The third-order valence-corrected chi connectivity index (χ3v) is 3.07. The zero-order valence-corrected chi connectivity index (χ0v) is 9.18. The molecule has 1 aliphatic carbocycles. The van der Waals surface area contributed by atoms with Crippen molar-refractivity contribution in [3.05, 3.63) is 0 Å². The molecule has 0 saturated heterocycles. The van der Waals surface area contributed by atoms with E-state index < -0.39 is 0 Å². The predicted molar refractivity (Wildman–Crippen MR) is 58.0 cm³/mol. The van der Waals surface area contributed by atoms with Crippen LogP contribution >= 0.6 is 0 Å². The summed E-state index contributed by atoms with van der Waals surface area (Å²) < 4.78 is 0. The third-order valence-electron chi connectivity index (χ3n) is 3.07. The molecule has 0 unspecified atom stereocenters. The third kappa shape index (κ3) is 4.63. The van der Waals surface area contributed by atoms with Crippen LogP contribution in [-0.2, 0) is 0 Å². The molecule has 2 nitrogen and oxygen atoms in total. The lowest BCUT2D eigenvalue weighted by atomic mass is 9.95. The Kier molecular flexibility index (Phi) is 5.40. The van der Waals surface area contributed by atoms with Gasteiger partial charge < -0.3 is 10.2 Å². The van der Waals surface area contributed by atoms with Crippen molar-refractivity contribution in [2.45, 2.75) is 45.1 Å². The number of nitrogens with one attached hydrogen (secondary N) is 1. The van der Waals surface area contributed by atoms with Crippen LogP contribution in [0.25, 0.3) is 0 Å². The molecule has 0 amide bonds. The molecule has 0 aromatic rings. The van der Waals surface area contributed by atoms with Gasteiger partial charge in [-0.2, -0.15) is 0 Å². The highest BCUT2D eigenvalue weighted by Crippen LogP contribution is 2.16. The first-order chi connectivity index (χ1) is 6.33. The van der Waals surface area contributed by atoms with E-state index in [0.717, 1.165) is 19.1 Å². The summed E-state index contributed by atoms with van der Waals surface area (Å²) in [6.07, 6.45) is 7.11. The average molecular weight is 184 g/mol. The molecular weight excluding hydrogens is 160 g/mol. The van der Waals surface area contributed by atoms with Gasteiger partial charge in [-0.1, -0.05) is 26.2 Å². The van der Waals surface area contributed by atoms with Gasteiger partial charge in [0.15, 0.2) is 0 Å². The Morgan fingerprint density at radius 1 is 1.23 bits per heavy atom. The van der Waals surface area contributed by atoms with E-state index in [2.05, 4.69) is 24.2 Å². The number of hydrogen-bond donors (Lipinski definition) is 1. The zero-order valence-electron chi connectivity index (χ0n) is 9.18. The molecule has 0 heterocycles. The number of nitrogens with zero attached hydrogens (tertiary/aromatic N) is 1. The molecule has 1 saturated carbocycles. The highest BCUT2D eigenvalue weighted by Gasteiger charge is 2.11. The molecule has 0 bridgehead atoms. The van der Waals surface area contributed by atoms with Crippen LogP contribution in [0.4, 0.5) is 0 Å². The van der Waals surface area contributed by atoms with Gasteiger partial charge in [0.25, 0.3) is 0 Å². The lowest BCUT2D eigenvalue weighted by Gasteiger charge is -2.24. The van der Waals surface area contributed by atoms with Crippen molar-refractivity contribution in [1.82, 2.24) is 10.2 Å². The van der Waals surface area contributed by atoms with Gasteiger partial charge >= 0.3 is 0 Å². The van der Waals surface area contributed by atoms with E-state index in [-0.39, 0.29) is 0 Å². The smallest absolute Gasteiger partial charge is 0.0104 e. The van der Waals surface area contributed by atoms with Crippen molar-refractivity contribution in [3.63, 3.8) is 0 Å². The number of likely N-dealkylation sites (N-methyl/N-ethyl adjacent to an activating group) is 1. The summed E-state index contributed by atoms with van der Waals surface area (Å²) in [7, 11) is 2.18. The fourth-order valence-electron chi connectivity index (χ4n) is 1.92. The van der Waals surface area contributed by atoms with Crippen molar-refractivity contribution >= 4 is 0 Å². The van der Waals surface area contributed by atoms with Gasteiger partial charge in [0, 0.05) is 19.1 Å². The maximum absolute atomic E-state index is 3.65. The largest absolute Gasteiger partial charge is 0.313 e. The van der Waals surface area contributed by atoms with Crippen molar-refractivity contribution in [2.24, 2.45) is 0 Å². The van der Waals surface area contributed by atoms with E-state index >= 15 is 0 Å². The second-order valence-electron chi connectivity index (χ2n) is 4.18. The van der Waals surface area contributed by atoms with Crippen molar-refractivity contribution in [1.29, 1.82) is 0 Å². The first kappa shape index (κ1) is 11.0. The van der Waals surface area contributed by atoms with Crippen molar-refractivity contribution in [3.8, 4) is 0 Å². The van der Waals surface area contributed by atoms with Gasteiger partial charge in [-0.3, -0.25) is 0 Å². The Bertz CT molecular complexity index is 119. The molecule has 1 rings (SSSR count). The molecule has 1 aliphatic rings. The van der Waals surface area contributed by atoms with E-state index in [0.29, 0.717) is 0 Å². The van der Waals surface area contributed by atoms with Crippen molar-refractivity contribution in [2.75, 3.05) is 26.7 Å². The Morgan fingerprint density at radius 3 is 2.54 bits per heavy atom. The van der Waals surface area contributed by atoms with Gasteiger partial charge in [-0.05, 0) is 26.4 Å². The topological polar surface area (TPSA) is 15.3 Å². The lowest BCUT2D eigenvalue weighted by molar-refractivity contribution is 0.316. The van der Waals surface area contributed by atoms with Crippen LogP contribution in [0.5, 0.6) is 0 Å².